The third kappa shape index (κ3) is 4.72. The van der Waals surface area contributed by atoms with Crippen LogP contribution >= 0.6 is 0 Å². The topological polar surface area (TPSA) is 57.1 Å². The van der Waals surface area contributed by atoms with Crippen LogP contribution in [-0.4, -0.2) is 61.6 Å². The van der Waals surface area contributed by atoms with Gasteiger partial charge in [-0.25, -0.2) is 0 Å². The number of hydrogen-bond donors (Lipinski definition) is 2. The van der Waals surface area contributed by atoms with Gasteiger partial charge in [-0.3, -0.25) is 9.89 Å². The molecular weight excluding hydrogens is 266 g/mol. The molecule has 0 aromatic heterocycles. The molecule has 0 spiro atoms. The fraction of sp³-hybridized carbons (Fsp3) is 0.562. The zero-order valence-electron chi connectivity index (χ0n) is 12.9. The minimum absolute atomic E-state index is 0.226. The number of nitrogens with one attached hydrogen (secondary N) is 1. The van der Waals surface area contributed by atoms with Crippen LogP contribution in [0.15, 0.2) is 23.2 Å². The Morgan fingerprint density at radius 1 is 1.38 bits per heavy atom. The van der Waals surface area contributed by atoms with Crippen LogP contribution in [-0.2, 0) is 0 Å². The van der Waals surface area contributed by atoms with Crippen LogP contribution in [0, 0.1) is 0 Å². The molecule has 116 valence electrons. The number of phenolic OH excluding ortho intramolecular Hbond substituents is 1. The summed E-state index contributed by atoms with van der Waals surface area (Å²) in [5, 5.41) is 13.4. The Hall–Kier alpha value is -1.59. The van der Waals surface area contributed by atoms with Gasteiger partial charge in [0.2, 0.25) is 0 Å². The van der Waals surface area contributed by atoms with Gasteiger partial charge in [0.05, 0.1) is 13.2 Å². The van der Waals surface area contributed by atoms with Gasteiger partial charge in [-0.05, 0) is 26.0 Å². The average molecular weight is 291 g/mol. The highest BCUT2D eigenvalue weighted by Crippen LogP contribution is 2.24. The minimum Gasteiger partial charge on any atom is -0.507 e. The van der Waals surface area contributed by atoms with E-state index in [9.17, 15) is 5.11 Å². The second-order valence-electron chi connectivity index (χ2n) is 5.17. The molecule has 0 amide bonds. The number of nitrogens with zero attached hydrogens (tertiary/aromatic N) is 2. The van der Waals surface area contributed by atoms with Crippen LogP contribution in [0.2, 0.25) is 0 Å². The quantitative estimate of drug-likeness (QED) is 0.780. The van der Waals surface area contributed by atoms with Gasteiger partial charge in [-0.1, -0.05) is 0 Å². The molecule has 0 unspecified atom stereocenters. The van der Waals surface area contributed by atoms with Crippen molar-refractivity contribution in [3.05, 3.63) is 23.8 Å². The molecule has 1 aromatic carbocycles. The van der Waals surface area contributed by atoms with Crippen LogP contribution in [0.1, 0.15) is 19.4 Å². The molecule has 0 saturated carbocycles. The Bertz CT molecular complexity index is 482. The average Bonchev–Trinajstić information content (AvgIpc) is 2.48. The third-order valence-electron chi connectivity index (χ3n) is 3.64. The standard InChI is InChI=1S/C16H25N3O2/c1-3-21-14-4-5-15(16(20)12-14)13(2)18-8-11-19-9-6-17-7-10-19/h4-5,12,17,20H,3,6-11H2,1-2H3. The molecule has 1 heterocycles. The van der Waals surface area contributed by atoms with Crippen molar-refractivity contribution in [3.8, 4) is 11.5 Å². The summed E-state index contributed by atoms with van der Waals surface area (Å²) >= 11 is 0. The Labute approximate surface area is 126 Å². The van der Waals surface area contributed by atoms with Gasteiger partial charge >= 0.3 is 0 Å². The SMILES string of the molecule is CCOc1ccc(C(C)=NCCN2CCNCC2)c(O)c1. The molecular formula is C16H25N3O2. The number of rotatable bonds is 6. The molecule has 1 saturated heterocycles. The highest BCUT2D eigenvalue weighted by molar-refractivity contribution is 6.01. The number of hydrogen-bond acceptors (Lipinski definition) is 5. The second kappa shape index (κ2) is 8.00. The van der Waals surface area contributed by atoms with Gasteiger partial charge in [0.1, 0.15) is 11.5 Å². The Morgan fingerprint density at radius 3 is 2.81 bits per heavy atom. The van der Waals surface area contributed by atoms with Crippen LogP contribution in [0.3, 0.4) is 0 Å². The predicted molar refractivity (Wildman–Crippen MR) is 85.7 cm³/mol. The van der Waals surface area contributed by atoms with E-state index >= 15 is 0 Å². The maximum atomic E-state index is 10.1. The lowest BCUT2D eigenvalue weighted by Gasteiger charge is -2.26. The van der Waals surface area contributed by atoms with Crippen molar-refractivity contribution in [2.24, 2.45) is 4.99 Å². The fourth-order valence-electron chi connectivity index (χ4n) is 2.45. The minimum atomic E-state index is 0.226. The number of ether oxygens (including phenoxy) is 1. The van der Waals surface area contributed by atoms with Gasteiger partial charge < -0.3 is 15.2 Å². The third-order valence-corrected chi connectivity index (χ3v) is 3.64. The highest BCUT2D eigenvalue weighted by Gasteiger charge is 2.09. The zero-order valence-corrected chi connectivity index (χ0v) is 12.9. The molecule has 2 rings (SSSR count). The molecule has 5 heteroatoms. The molecule has 0 radical (unpaired) electrons. The van der Waals surface area contributed by atoms with E-state index in [-0.39, 0.29) is 5.75 Å². The fourth-order valence-corrected chi connectivity index (χ4v) is 2.45. The van der Waals surface area contributed by atoms with Crippen molar-refractivity contribution in [2.75, 3.05) is 45.9 Å². The summed E-state index contributed by atoms with van der Waals surface area (Å²) in [4.78, 5) is 6.99. The first-order chi connectivity index (χ1) is 10.2. The molecule has 21 heavy (non-hydrogen) atoms. The lowest BCUT2D eigenvalue weighted by atomic mass is 10.1. The highest BCUT2D eigenvalue weighted by atomic mass is 16.5. The summed E-state index contributed by atoms with van der Waals surface area (Å²) < 4.78 is 5.37. The molecule has 0 aliphatic carbocycles. The van der Waals surface area contributed by atoms with Crippen LogP contribution in [0.25, 0.3) is 0 Å². The summed E-state index contributed by atoms with van der Waals surface area (Å²) in [5.41, 5.74) is 1.64. The van der Waals surface area contributed by atoms with E-state index in [0.29, 0.717) is 12.4 Å². The Morgan fingerprint density at radius 2 is 2.14 bits per heavy atom. The van der Waals surface area contributed by atoms with E-state index in [1.165, 1.54) is 0 Å². The molecule has 1 aliphatic rings. The van der Waals surface area contributed by atoms with Crippen molar-refractivity contribution in [1.82, 2.24) is 10.2 Å². The Balaban J connectivity index is 1.91. The number of aromatic hydroxyl groups is 1. The summed E-state index contributed by atoms with van der Waals surface area (Å²) in [5.74, 6) is 0.914. The molecule has 5 nitrogen and oxygen atoms in total. The lowest BCUT2D eigenvalue weighted by molar-refractivity contribution is 0.247. The molecule has 1 aromatic rings. The van der Waals surface area contributed by atoms with Crippen LogP contribution < -0.4 is 10.1 Å². The van der Waals surface area contributed by atoms with Gasteiger partial charge in [0.15, 0.2) is 0 Å². The van der Waals surface area contributed by atoms with E-state index in [0.717, 1.165) is 50.5 Å². The summed E-state index contributed by atoms with van der Waals surface area (Å²) in [6, 6.07) is 5.38. The summed E-state index contributed by atoms with van der Waals surface area (Å²) in [7, 11) is 0. The molecule has 2 N–H and O–H groups in total. The molecule has 0 atom stereocenters. The molecule has 1 fully saturated rings. The Kier molecular flexibility index (Phi) is 6.02. The molecule has 0 bridgehead atoms. The van der Waals surface area contributed by atoms with E-state index < -0.39 is 0 Å². The predicted octanol–water partition coefficient (Wildman–Crippen LogP) is 1.51. The maximum absolute atomic E-state index is 10.1. The van der Waals surface area contributed by atoms with Gasteiger partial charge in [-0.2, -0.15) is 0 Å². The maximum Gasteiger partial charge on any atom is 0.128 e. The first-order valence-corrected chi connectivity index (χ1v) is 7.61. The van der Waals surface area contributed by atoms with Gasteiger partial charge in [-0.15, -0.1) is 0 Å². The summed E-state index contributed by atoms with van der Waals surface area (Å²) in [6.07, 6.45) is 0. The van der Waals surface area contributed by atoms with E-state index in [1.54, 1.807) is 6.07 Å². The van der Waals surface area contributed by atoms with Crippen molar-refractivity contribution in [2.45, 2.75) is 13.8 Å². The monoisotopic (exact) mass is 291 g/mol. The lowest BCUT2D eigenvalue weighted by Crippen LogP contribution is -2.44. The van der Waals surface area contributed by atoms with Crippen LogP contribution in [0.5, 0.6) is 11.5 Å². The first-order valence-electron chi connectivity index (χ1n) is 7.61. The largest absolute Gasteiger partial charge is 0.507 e. The van der Waals surface area contributed by atoms with Gasteiger partial charge in [0, 0.05) is 50.1 Å². The van der Waals surface area contributed by atoms with Crippen LogP contribution in [0.4, 0.5) is 0 Å². The number of benzene rings is 1. The number of phenols is 1. The van der Waals surface area contributed by atoms with E-state index in [2.05, 4.69) is 15.2 Å². The van der Waals surface area contributed by atoms with Crippen molar-refractivity contribution < 1.29 is 9.84 Å². The number of piperazine rings is 1. The smallest absolute Gasteiger partial charge is 0.128 e. The number of aliphatic imine (C=N–C) groups is 1. The van der Waals surface area contributed by atoms with Crippen molar-refractivity contribution in [1.29, 1.82) is 0 Å². The first kappa shape index (κ1) is 15.8. The van der Waals surface area contributed by atoms with E-state index in [1.807, 2.05) is 26.0 Å². The van der Waals surface area contributed by atoms with Crippen molar-refractivity contribution in [3.63, 3.8) is 0 Å². The normalized spacial score (nSPS) is 17.0. The van der Waals surface area contributed by atoms with Gasteiger partial charge in [0.25, 0.3) is 0 Å². The van der Waals surface area contributed by atoms with E-state index in [4.69, 9.17) is 4.74 Å². The molecule has 1 aliphatic heterocycles. The summed E-state index contributed by atoms with van der Waals surface area (Å²) in [6.45, 7) is 10.5. The van der Waals surface area contributed by atoms with Crippen molar-refractivity contribution >= 4 is 5.71 Å². The zero-order chi connectivity index (χ0) is 15.1. The second-order valence-corrected chi connectivity index (χ2v) is 5.17.